The summed E-state index contributed by atoms with van der Waals surface area (Å²) >= 11 is 0. The molecule has 0 unspecified atom stereocenters. The molecule has 1 aromatic carbocycles. The molecule has 0 atom stereocenters. The van der Waals surface area contributed by atoms with E-state index in [0.717, 1.165) is 24.1 Å². The Kier molecular flexibility index (Phi) is 5.87. The molecule has 0 radical (unpaired) electrons. The Morgan fingerprint density at radius 1 is 1.19 bits per heavy atom. The van der Waals surface area contributed by atoms with Gasteiger partial charge in [0.05, 0.1) is 6.26 Å². The maximum Gasteiger partial charge on any atom is 0.313 e. The molecule has 8 nitrogen and oxygen atoms in total. The van der Waals surface area contributed by atoms with Crippen LogP contribution in [-0.2, 0) is 16.0 Å². The molecule has 142 valence electrons. The maximum atomic E-state index is 12.6. The zero-order valence-electron chi connectivity index (χ0n) is 14.7. The minimum atomic E-state index is -0.771. The van der Waals surface area contributed by atoms with Gasteiger partial charge in [-0.3, -0.25) is 14.4 Å². The fourth-order valence-corrected chi connectivity index (χ4v) is 2.97. The van der Waals surface area contributed by atoms with Crippen LogP contribution >= 0.6 is 0 Å². The van der Waals surface area contributed by atoms with Gasteiger partial charge in [-0.25, -0.2) is 0 Å². The third-order valence-corrected chi connectivity index (χ3v) is 4.26. The van der Waals surface area contributed by atoms with Gasteiger partial charge in [0.25, 0.3) is 5.91 Å². The van der Waals surface area contributed by atoms with Crippen molar-refractivity contribution in [2.75, 3.05) is 29.9 Å². The molecule has 0 bridgehead atoms. The van der Waals surface area contributed by atoms with Crippen molar-refractivity contribution in [2.45, 2.75) is 19.3 Å². The number of carbonyl (C=O) groups excluding carboxylic acids is 3. The molecule has 0 saturated heterocycles. The van der Waals surface area contributed by atoms with Gasteiger partial charge >= 0.3 is 11.8 Å². The number of nitrogens with zero attached hydrogens (tertiary/aromatic N) is 1. The predicted molar refractivity (Wildman–Crippen MR) is 98.5 cm³/mol. The van der Waals surface area contributed by atoms with E-state index in [-0.39, 0.29) is 24.8 Å². The number of amides is 3. The number of hydrogen-bond donors (Lipinski definition) is 3. The first-order chi connectivity index (χ1) is 13.1. The van der Waals surface area contributed by atoms with Gasteiger partial charge in [0.15, 0.2) is 5.76 Å². The molecule has 1 aliphatic rings. The molecule has 0 fully saturated rings. The minimum Gasteiger partial charge on any atom is -0.459 e. The minimum absolute atomic E-state index is 0.0556. The molecule has 0 spiro atoms. The number of hydrogen-bond acceptors (Lipinski definition) is 5. The zero-order valence-corrected chi connectivity index (χ0v) is 14.7. The van der Waals surface area contributed by atoms with E-state index in [1.54, 1.807) is 35.2 Å². The summed E-state index contributed by atoms with van der Waals surface area (Å²) < 4.78 is 5.20. The second-order valence-corrected chi connectivity index (χ2v) is 6.17. The maximum absolute atomic E-state index is 12.6. The highest BCUT2D eigenvalue weighted by Gasteiger charge is 2.25. The summed E-state index contributed by atoms with van der Waals surface area (Å²) in [6.07, 6.45) is 3.40. The summed E-state index contributed by atoms with van der Waals surface area (Å²) in [5, 5.41) is 13.7. The fraction of sp³-hybridized carbons (Fsp3) is 0.316. The van der Waals surface area contributed by atoms with Gasteiger partial charge in [-0.2, -0.15) is 0 Å². The summed E-state index contributed by atoms with van der Waals surface area (Å²) in [7, 11) is 0. The van der Waals surface area contributed by atoms with Crippen molar-refractivity contribution in [1.82, 2.24) is 5.32 Å². The van der Waals surface area contributed by atoms with E-state index in [9.17, 15) is 14.4 Å². The number of aliphatic hydroxyl groups is 1. The number of nitrogens with one attached hydrogen (secondary N) is 2. The molecule has 1 aromatic heterocycles. The average Bonchev–Trinajstić information content (AvgIpc) is 3.21. The number of carbonyl (C=O) groups is 3. The van der Waals surface area contributed by atoms with E-state index >= 15 is 0 Å². The van der Waals surface area contributed by atoms with E-state index < -0.39 is 11.8 Å². The molecule has 2 heterocycles. The van der Waals surface area contributed by atoms with Gasteiger partial charge in [-0.1, -0.05) is 0 Å². The molecule has 3 N–H and O–H groups in total. The first-order valence-corrected chi connectivity index (χ1v) is 8.78. The zero-order chi connectivity index (χ0) is 19.2. The Morgan fingerprint density at radius 3 is 2.78 bits per heavy atom. The third kappa shape index (κ3) is 4.35. The van der Waals surface area contributed by atoms with Gasteiger partial charge in [0.2, 0.25) is 0 Å². The van der Waals surface area contributed by atoms with Crippen molar-refractivity contribution in [2.24, 2.45) is 0 Å². The van der Waals surface area contributed by atoms with Crippen LogP contribution in [0.25, 0.3) is 0 Å². The van der Waals surface area contributed by atoms with Crippen LogP contribution in [0.1, 0.15) is 29.0 Å². The SMILES string of the molecule is O=C(NCCCO)C(=O)Nc1ccc2c(c1)CCCN2C(=O)c1ccco1. The van der Waals surface area contributed by atoms with Crippen molar-refractivity contribution in [3.63, 3.8) is 0 Å². The Hall–Kier alpha value is -3.13. The molecular weight excluding hydrogens is 350 g/mol. The van der Waals surface area contributed by atoms with Crippen molar-refractivity contribution < 1.29 is 23.9 Å². The van der Waals surface area contributed by atoms with Crippen LogP contribution in [0.3, 0.4) is 0 Å². The standard InChI is InChI=1S/C19H21N3O5/c23-10-3-8-20-17(24)18(25)21-14-6-7-15-13(12-14)4-1-9-22(15)19(26)16-5-2-11-27-16/h2,5-7,11-12,23H,1,3-4,8-10H2,(H,20,24)(H,21,25). The lowest BCUT2D eigenvalue weighted by Crippen LogP contribution is -2.36. The Balaban J connectivity index is 1.70. The number of fused-ring (bicyclic) bond motifs is 1. The van der Waals surface area contributed by atoms with Crippen molar-refractivity contribution >= 4 is 29.1 Å². The number of benzene rings is 1. The molecule has 8 heteroatoms. The van der Waals surface area contributed by atoms with Crippen molar-refractivity contribution in [1.29, 1.82) is 0 Å². The fourth-order valence-electron chi connectivity index (χ4n) is 2.97. The highest BCUT2D eigenvalue weighted by molar-refractivity contribution is 6.39. The summed E-state index contributed by atoms with van der Waals surface area (Å²) in [6, 6.07) is 8.48. The average molecular weight is 371 g/mol. The van der Waals surface area contributed by atoms with Crippen molar-refractivity contribution in [3.05, 3.63) is 47.9 Å². The summed E-state index contributed by atoms with van der Waals surface area (Å²) in [6.45, 7) is 0.766. The largest absolute Gasteiger partial charge is 0.459 e. The molecular formula is C19H21N3O5. The predicted octanol–water partition coefficient (Wildman–Crippen LogP) is 1.31. The Labute approximate surface area is 156 Å². The summed E-state index contributed by atoms with van der Waals surface area (Å²) in [4.78, 5) is 37.9. The molecule has 3 rings (SSSR count). The van der Waals surface area contributed by atoms with Crippen LogP contribution in [0, 0.1) is 0 Å². The van der Waals surface area contributed by atoms with Crippen LogP contribution in [0.15, 0.2) is 41.0 Å². The van der Waals surface area contributed by atoms with E-state index in [2.05, 4.69) is 10.6 Å². The molecule has 2 aromatic rings. The highest BCUT2D eigenvalue weighted by atomic mass is 16.3. The first kappa shape index (κ1) is 18.7. The van der Waals surface area contributed by atoms with Crippen LogP contribution < -0.4 is 15.5 Å². The monoisotopic (exact) mass is 371 g/mol. The number of furan rings is 1. The molecule has 0 aliphatic carbocycles. The molecule has 1 aliphatic heterocycles. The lowest BCUT2D eigenvalue weighted by molar-refractivity contribution is -0.136. The highest BCUT2D eigenvalue weighted by Crippen LogP contribution is 2.31. The summed E-state index contributed by atoms with van der Waals surface area (Å²) in [5.41, 5.74) is 2.18. The van der Waals surface area contributed by atoms with E-state index in [1.165, 1.54) is 6.26 Å². The lowest BCUT2D eigenvalue weighted by atomic mass is 10.0. The third-order valence-electron chi connectivity index (χ3n) is 4.26. The van der Waals surface area contributed by atoms with Crippen LogP contribution in [-0.4, -0.2) is 42.5 Å². The topological polar surface area (TPSA) is 112 Å². The van der Waals surface area contributed by atoms with Crippen LogP contribution in [0.4, 0.5) is 11.4 Å². The quantitative estimate of drug-likeness (QED) is 0.542. The van der Waals surface area contributed by atoms with Gasteiger partial charge in [0, 0.05) is 31.1 Å². The first-order valence-electron chi connectivity index (χ1n) is 8.78. The number of aryl methyl sites for hydroxylation is 1. The van der Waals surface area contributed by atoms with Gasteiger partial charge < -0.3 is 25.1 Å². The molecule has 0 saturated carbocycles. The summed E-state index contributed by atoms with van der Waals surface area (Å²) in [5.74, 6) is -1.45. The number of rotatable bonds is 5. The Bertz CT molecular complexity index is 832. The Morgan fingerprint density at radius 2 is 2.04 bits per heavy atom. The normalized spacial score (nSPS) is 13.0. The van der Waals surface area contributed by atoms with E-state index in [0.29, 0.717) is 18.7 Å². The molecule has 27 heavy (non-hydrogen) atoms. The van der Waals surface area contributed by atoms with E-state index in [1.807, 2.05) is 0 Å². The molecule has 3 amide bonds. The lowest BCUT2D eigenvalue weighted by Gasteiger charge is -2.29. The second kappa shape index (κ2) is 8.50. The van der Waals surface area contributed by atoms with Crippen LogP contribution in [0.5, 0.6) is 0 Å². The number of aliphatic hydroxyl groups excluding tert-OH is 1. The van der Waals surface area contributed by atoms with E-state index in [4.69, 9.17) is 9.52 Å². The second-order valence-electron chi connectivity index (χ2n) is 6.17. The van der Waals surface area contributed by atoms with Gasteiger partial charge in [-0.05, 0) is 55.2 Å². The number of anilines is 2. The van der Waals surface area contributed by atoms with Gasteiger partial charge in [0.1, 0.15) is 0 Å². The smallest absolute Gasteiger partial charge is 0.313 e. The van der Waals surface area contributed by atoms with Crippen molar-refractivity contribution in [3.8, 4) is 0 Å². The van der Waals surface area contributed by atoms with Crippen LogP contribution in [0.2, 0.25) is 0 Å². The van der Waals surface area contributed by atoms with Gasteiger partial charge in [-0.15, -0.1) is 0 Å².